The van der Waals surface area contributed by atoms with Crippen molar-refractivity contribution >= 4 is 46.4 Å². The van der Waals surface area contributed by atoms with Crippen molar-refractivity contribution in [3.05, 3.63) is 117 Å². The predicted molar refractivity (Wildman–Crippen MR) is 233 cm³/mol. The summed E-state index contributed by atoms with van der Waals surface area (Å²) in [5, 5.41) is 6.85. The minimum Gasteiger partial charge on any atom is -0.382 e. The molecule has 2 aromatic heterocycles. The number of rotatable bonds is 20. The SMILES string of the molecule is COCC1(N(OCc2ccccc2)C(C)=O)CC[N+](CCc2cccs2)(OC(=O)C(=O)O[N+]2(CCc3cccs3)CCC(COC)(N(OCc3ccccc3)C(C)=O)CC2)CC1. The summed E-state index contributed by atoms with van der Waals surface area (Å²) in [6, 6.07) is 27.3. The van der Waals surface area contributed by atoms with E-state index in [2.05, 4.69) is 0 Å². The van der Waals surface area contributed by atoms with Gasteiger partial charge in [0.05, 0.1) is 13.2 Å². The average molecular weight is 893 g/mol. The monoisotopic (exact) mass is 892 g/mol. The van der Waals surface area contributed by atoms with Gasteiger partial charge in [0.1, 0.15) is 63.6 Å². The molecule has 2 saturated heterocycles. The molecule has 334 valence electrons. The third kappa shape index (κ3) is 11.9. The van der Waals surface area contributed by atoms with Gasteiger partial charge in [0.15, 0.2) is 0 Å². The van der Waals surface area contributed by atoms with Gasteiger partial charge in [-0.05, 0) is 34.0 Å². The number of quaternary nitrogens is 2. The molecule has 0 N–H and O–H groups in total. The van der Waals surface area contributed by atoms with Crippen LogP contribution in [0.5, 0.6) is 0 Å². The molecule has 16 heteroatoms. The molecule has 2 fully saturated rings. The topological polar surface area (TPSA) is 130 Å². The highest BCUT2D eigenvalue weighted by molar-refractivity contribution is 7.10. The van der Waals surface area contributed by atoms with Crippen LogP contribution in [0.15, 0.2) is 95.7 Å². The highest BCUT2D eigenvalue weighted by Gasteiger charge is 2.54. The van der Waals surface area contributed by atoms with E-state index in [0.717, 1.165) is 20.9 Å². The molecule has 0 spiro atoms. The third-order valence-electron chi connectivity index (χ3n) is 12.0. The number of nitrogens with zero attached hydrogens (tertiary/aromatic N) is 4. The van der Waals surface area contributed by atoms with Gasteiger partial charge in [-0.3, -0.25) is 28.9 Å². The van der Waals surface area contributed by atoms with Crippen LogP contribution < -0.4 is 0 Å². The number of methoxy groups -OCH3 is 2. The fourth-order valence-corrected chi connectivity index (χ4v) is 10.1. The lowest BCUT2D eigenvalue weighted by atomic mass is 9.87. The molecule has 2 aromatic carbocycles. The van der Waals surface area contributed by atoms with Crippen molar-refractivity contribution < 1.29 is 57.3 Å². The summed E-state index contributed by atoms with van der Waals surface area (Å²) in [6.45, 7) is 5.76. The normalized spacial score (nSPS) is 23.6. The molecular weight excluding hydrogens is 833 g/mol. The molecule has 2 amide bonds. The summed E-state index contributed by atoms with van der Waals surface area (Å²) in [5.74, 6) is -2.70. The Morgan fingerprint density at radius 2 is 0.935 bits per heavy atom. The van der Waals surface area contributed by atoms with Gasteiger partial charge in [0.2, 0.25) is 11.8 Å². The van der Waals surface area contributed by atoms with Crippen LogP contribution in [0.1, 0.15) is 60.4 Å². The van der Waals surface area contributed by atoms with E-state index in [9.17, 15) is 19.2 Å². The number of ether oxygens (including phenoxy) is 2. The van der Waals surface area contributed by atoms with Crippen molar-refractivity contribution in [2.75, 3.05) is 66.7 Å². The van der Waals surface area contributed by atoms with E-state index in [4.69, 9.17) is 28.8 Å². The van der Waals surface area contributed by atoms with Gasteiger partial charge in [-0.15, -0.1) is 32.0 Å². The summed E-state index contributed by atoms with van der Waals surface area (Å²) in [5.41, 5.74) is 0.144. The van der Waals surface area contributed by atoms with Crippen molar-refractivity contribution in [1.82, 2.24) is 10.1 Å². The smallest absolute Gasteiger partial charge is 0.382 e. The number of piperidine rings is 2. The quantitative estimate of drug-likeness (QED) is 0.0554. The van der Waals surface area contributed by atoms with Gasteiger partial charge in [-0.2, -0.15) is 0 Å². The molecule has 2 aliphatic rings. The van der Waals surface area contributed by atoms with Crippen LogP contribution in [0.3, 0.4) is 0 Å². The van der Waals surface area contributed by atoms with Crippen LogP contribution in [0.4, 0.5) is 0 Å². The first-order valence-corrected chi connectivity index (χ1v) is 22.9. The van der Waals surface area contributed by atoms with Crippen LogP contribution in [-0.4, -0.2) is 121 Å². The molecule has 0 saturated carbocycles. The minimum absolute atomic E-state index is 0.139. The maximum absolute atomic E-state index is 14.1. The van der Waals surface area contributed by atoms with E-state index in [-0.39, 0.29) is 47.5 Å². The highest BCUT2D eigenvalue weighted by atomic mass is 32.1. The van der Waals surface area contributed by atoms with Crippen LogP contribution in [0, 0.1) is 0 Å². The van der Waals surface area contributed by atoms with Crippen LogP contribution in [0.2, 0.25) is 0 Å². The molecule has 6 rings (SSSR count). The summed E-state index contributed by atoms with van der Waals surface area (Å²) >= 11 is 3.23. The van der Waals surface area contributed by atoms with Crippen molar-refractivity contribution in [2.45, 2.75) is 76.7 Å². The van der Waals surface area contributed by atoms with E-state index in [0.29, 0.717) is 77.8 Å². The number of hydrogen-bond acceptors (Lipinski definition) is 12. The lowest BCUT2D eigenvalue weighted by Gasteiger charge is -2.49. The zero-order valence-electron chi connectivity index (χ0n) is 36.2. The van der Waals surface area contributed by atoms with Crippen molar-refractivity contribution in [3.63, 3.8) is 0 Å². The van der Waals surface area contributed by atoms with Crippen LogP contribution in [0.25, 0.3) is 0 Å². The van der Waals surface area contributed by atoms with Gasteiger partial charge in [-0.25, -0.2) is 19.7 Å². The lowest BCUT2D eigenvalue weighted by Crippen LogP contribution is -2.66. The van der Waals surface area contributed by atoms with Crippen LogP contribution >= 0.6 is 22.7 Å². The number of hydroxylamine groups is 10. The Morgan fingerprint density at radius 1 is 0.565 bits per heavy atom. The number of hydrogen-bond donors (Lipinski definition) is 0. The molecule has 0 bridgehead atoms. The number of carbonyl (C=O) groups is 4. The van der Waals surface area contributed by atoms with Gasteiger partial charge in [-0.1, -0.05) is 72.8 Å². The minimum atomic E-state index is -1.09. The predicted octanol–water partition coefficient (Wildman–Crippen LogP) is 6.46. The summed E-state index contributed by atoms with van der Waals surface area (Å²) in [7, 11) is 3.18. The Bertz CT molecular complexity index is 1870. The number of benzene rings is 2. The summed E-state index contributed by atoms with van der Waals surface area (Å²) < 4.78 is 11.1. The zero-order valence-corrected chi connectivity index (χ0v) is 37.9. The van der Waals surface area contributed by atoms with E-state index < -0.39 is 23.0 Å². The molecular formula is C46H60N4O10S2+2. The fourth-order valence-electron chi connectivity index (χ4n) is 8.71. The van der Waals surface area contributed by atoms with E-state index in [1.54, 1.807) is 36.9 Å². The zero-order chi connectivity index (χ0) is 44.1. The number of carbonyl (C=O) groups excluding carboxylic acids is 4. The third-order valence-corrected chi connectivity index (χ3v) is 13.9. The summed E-state index contributed by atoms with van der Waals surface area (Å²) in [6.07, 6.45) is 2.73. The van der Waals surface area contributed by atoms with Crippen molar-refractivity contribution in [1.29, 1.82) is 0 Å². The Labute approximate surface area is 372 Å². The standard InChI is InChI=1S/C46H60N4O10S2/c1-37(51)47(57-33-39-13-7-5-8-14-39)45(35-55-3)21-27-49(28-22-45,25-19-41-17-11-31-61-41)59-43(53)44(54)60-50(26-20-42-18-12-32-62-42)29-23-46(24-30-50,36-56-4)48(38(2)52)58-34-40-15-9-6-10-16-40/h5-18,31-32H,19-30,33-36H2,1-4H3/q+2. The summed E-state index contributed by atoms with van der Waals surface area (Å²) in [4.78, 5) is 81.9. The number of thiophene rings is 2. The maximum atomic E-state index is 14.1. The van der Waals surface area contributed by atoms with E-state index in [1.165, 1.54) is 24.0 Å². The second-order valence-corrected chi connectivity index (χ2v) is 18.4. The maximum Gasteiger partial charge on any atom is 0.480 e. The van der Waals surface area contributed by atoms with Crippen molar-refractivity contribution in [2.24, 2.45) is 0 Å². The number of likely N-dealkylation sites (tertiary alicyclic amines) is 2. The van der Waals surface area contributed by atoms with Gasteiger partial charge in [0.25, 0.3) is 0 Å². The molecule has 4 aromatic rings. The molecule has 0 aliphatic carbocycles. The first-order valence-electron chi connectivity index (χ1n) is 21.1. The highest BCUT2D eigenvalue weighted by Crippen LogP contribution is 2.37. The first kappa shape index (κ1) is 47.0. The van der Waals surface area contributed by atoms with E-state index in [1.807, 2.05) is 95.7 Å². The molecule has 62 heavy (non-hydrogen) atoms. The average Bonchev–Trinajstić information content (AvgIpc) is 4.01. The Morgan fingerprint density at radius 3 is 1.24 bits per heavy atom. The molecule has 14 nitrogen and oxygen atoms in total. The number of amides is 2. The van der Waals surface area contributed by atoms with Crippen LogP contribution in [-0.2, 0) is 74.1 Å². The Kier molecular flexibility index (Phi) is 16.4. The van der Waals surface area contributed by atoms with Gasteiger partial charge in [0, 0.05) is 76.3 Å². The Balaban J connectivity index is 1.20. The lowest BCUT2D eigenvalue weighted by molar-refractivity contribution is -1.10. The fraction of sp³-hybridized carbons (Fsp3) is 0.478. The molecule has 4 heterocycles. The second-order valence-electron chi connectivity index (χ2n) is 16.3. The molecule has 0 radical (unpaired) electrons. The second kappa shape index (κ2) is 21.7. The van der Waals surface area contributed by atoms with Gasteiger partial charge < -0.3 is 9.47 Å². The van der Waals surface area contributed by atoms with E-state index >= 15 is 0 Å². The molecule has 0 unspecified atom stereocenters. The largest absolute Gasteiger partial charge is 0.480 e. The van der Waals surface area contributed by atoms with Crippen molar-refractivity contribution in [3.8, 4) is 0 Å². The molecule has 2 aliphatic heterocycles. The van der Waals surface area contributed by atoms with Gasteiger partial charge >= 0.3 is 11.9 Å². The first-order chi connectivity index (χ1) is 29.9. The molecule has 0 atom stereocenters. The Hall–Kier alpha value is -4.52.